The van der Waals surface area contributed by atoms with Crippen molar-refractivity contribution < 1.29 is 14.3 Å². The van der Waals surface area contributed by atoms with E-state index in [1.807, 2.05) is 79.7 Å². The molecule has 0 spiro atoms. The molecule has 0 fully saturated rings. The first-order valence-electron chi connectivity index (χ1n) is 9.10. The number of rotatable bonds is 4. The van der Waals surface area contributed by atoms with Crippen LogP contribution in [0.25, 0.3) is 11.1 Å². The Morgan fingerprint density at radius 3 is 2.61 bits per heavy atom. The van der Waals surface area contributed by atoms with Crippen LogP contribution in [0.4, 0.5) is 11.4 Å². The number of nitrogens with one attached hydrogen (secondary N) is 1. The average molecular weight is 372 g/mol. The molecule has 3 aromatic rings. The van der Waals surface area contributed by atoms with Crippen LogP contribution in [-0.4, -0.2) is 25.0 Å². The second kappa shape index (κ2) is 7.56. The number of ether oxygens (including phenoxy) is 1. The summed E-state index contributed by atoms with van der Waals surface area (Å²) in [7, 11) is 0. The SMILES string of the molecule is Cc1ccc2c(c1)N(CC(=O)Nc1ccccc1-c1ccccc1)C(=O)CO2. The minimum absolute atomic E-state index is 0.0655. The molecule has 0 aliphatic carbocycles. The summed E-state index contributed by atoms with van der Waals surface area (Å²) in [6, 6.07) is 23.1. The number of nitrogens with zero attached hydrogens (tertiary/aromatic N) is 1. The number of hydrogen-bond donors (Lipinski definition) is 1. The maximum atomic E-state index is 12.8. The summed E-state index contributed by atoms with van der Waals surface area (Å²) in [4.78, 5) is 26.6. The lowest BCUT2D eigenvalue weighted by molar-refractivity contribution is -0.123. The number of hydrogen-bond acceptors (Lipinski definition) is 3. The van der Waals surface area contributed by atoms with Crippen LogP contribution >= 0.6 is 0 Å². The van der Waals surface area contributed by atoms with Gasteiger partial charge in [0.1, 0.15) is 12.3 Å². The highest BCUT2D eigenvalue weighted by atomic mass is 16.5. The van der Waals surface area contributed by atoms with Gasteiger partial charge in [0.05, 0.1) is 5.69 Å². The fourth-order valence-electron chi connectivity index (χ4n) is 3.28. The van der Waals surface area contributed by atoms with E-state index in [9.17, 15) is 9.59 Å². The van der Waals surface area contributed by atoms with Crippen LogP contribution in [0.2, 0.25) is 0 Å². The van der Waals surface area contributed by atoms with Gasteiger partial charge < -0.3 is 10.1 Å². The molecule has 5 nitrogen and oxygen atoms in total. The summed E-state index contributed by atoms with van der Waals surface area (Å²) in [5.74, 6) is 0.123. The average Bonchev–Trinajstić information content (AvgIpc) is 2.71. The molecule has 0 saturated carbocycles. The third-order valence-electron chi connectivity index (χ3n) is 4.65. The van der Waals surface area contributed by atoms with Crippen molar-refractivity contribution in [3.63, 3.8) is 0 Å². The fourth-order valence-corrected chi connectivity index (χ4v) is 3.28. The highest BCUT2D eigenvalue weighted by Crippen LogP contribution is 2.33. The zero-order chi connectivity index (χ0) is 19.5. The van der Waals surface area contributed by atoms with Gasteiger partial charge in [-0.3, -0.25) is 14.5 Å². The monoisotopic (exact) mass is 372 g/mol. The molecule has 0 unspecified atom stereocenters. The van der Waals surface area contributed by atoms with E-state index >= 15 is 0 Å². The van der Waals surface area contributed by atoms with Gasteiger partial charge in [0.25, 0.3) is 5.91 Å². The van der Waals surface area contributed by atoms with Gasteiger partial charge in [-0.05, 0) is 36.2 Å². The predicted molar refractivity (Wildman–Crippen MR) is 110 cm³/mol. The maximum Gasteiger partial charge on any atom is 0.265 e. The van der Waals surface area contributed by atoms with Crippen LogP contribution in [0, 0.1) is 6.92 Å². The van der Waals surface area contributed by atoms with E-state index in [-0.39, 0.29) is 25.0 Å². The van der Waals surface area contributed by atoms with E-state index < -0.39 is 0 Å². The largest absolute Gasteiger partial charge is 0.482 e. The highest BCUT2D eigenvalue weighted by molar-refractivity contribution is 6.06. The number of amides is 2. The number of anilines is 2. The smallest absolute Gasteiger partial charge is 0.265 e. The summed E-state index contributed by atoms with van der Waals surface area (Å²) in [5.41, 5.74) is 4.28. The number of fused-ring (bicyclic) bond motifs is 1. The molecule has 0 aromatic heterocycles. The molecule has 2 amide bonds. The summed E-state index contributed by atoms with van der Waals surface area (Å²) in [6.45, 7) is 1.80. The topological polar surface area (TPSA) is 58.6 Å². The Labute approximate surface area is 163 Å². The quantitative estimate of drug-likeness (QED) is 0.752. The van der Waals surface area contributed by atoms with Crippen LogP contribution in [0.3, 0.4) is 0 Å². The standard InChI is InChI=1S/C23H20N2O3/c1-16-11-12-21-20(13-16)25(23(27)15-28-21)14-22(26)24-19-10-6-5-9-18(19)17-7-3-2-4-8-17/h2-13H,14-15H2,1H3,(H,24,26). The molecule has 140 valence electrons. The van der Waals surface area contributed by atoms with Crippen LogP contribution in [0.15, 0.2) is 72.8 Å². The van der Waals surface area contributed by atoms with Crippen molar-refractivity contribution in [1.82, 2.24) is 0 Å². The Kier molecular flexibility index (Phi) is 4.81. The van der Waals surface area contributed by atoms with Gasteiger partial charge >= 0.3 is 0 Å². The van der Waals surface area contributed by atoms with Crippen molar-refractivity contribution in [3.05, 3.63) is 78.4 Å². The number of aryl methyl sites for hydroxylation is 1. The molecule has 3 aromatic carbocycles. The maximum absolute atomic E-state index is 12.8. The van der Waals surface area contributed by atoms with Gasteiger partial charge in [-0.1, -0.05) is 54.6 Å². The lowest BCUT2D eigenvalue weighted by Gasteiger charge is -2.29. The Morgan fingerprint density at radius 2 is 1.79 bits per heavy atom. The van der Waals surface area contributed by atoms with Gasteiger partial charge in [0, 0.05) is 11.3 Å². The molecule has 28 heavy (non-hydrogen) atoms. The number of carbonyl (C=O) groups excluding carboxylic acids is 2. The molecule has 0 bridgehead atoms. The zero-order valence-electron chi connectivity index (χ0n) is 15.5. The minimum Gasteiger partial charge on any atom is -0.482 e. The molecule has 0 saturated heterocycles. The summed E-state index contributed by atoms with van der Waals surface area (Å²) >= 11 is 0. The van der Waals surface area contributed by atoms with E-state index in [1.165, 1.54) is 4.90 Å². The molecule has 4 rings (SSSR count). The van der Waals surface area contributed by atoms with Gasteiger partial charge in [-0.25, -0.2) is 0 Å². The molecular formula is C23H20N2O3. The van der Waals surface area contributed by atoms with Crippen LogP contribution in [0.1, 0.15) is 5.56 Å². The van der Waals surface area contributed by atoms with Crippen LogP contribution < -0.4 is 15.0 Å². The van der Waals surface area contributed by atoms with E-state index in [4.69, 9.17) is 4.74 Å². The number of benzene rings is 3. The molecule has 0 atom stereocenters. The van der Waals surface area contributed by atoms with Gasteiger partial charge in [-0.15, -0.1) is 0 Å². The highest BCUT2D eigenvalue weighted by Gasteiger charge is 2.27. The van der Waals surface area contributed by atoms with Gasteiger partial charge in [-0.2, -0.15) is 0 Å². The lowest BCUT2D eigenvalue weighted by atomic mass is 10.0. The van der Waals surface area contributed by atoms with Crippen molar-refractivity contribution in [3.8, 4) is 16.9 Å². The Balaban J connectivity index is 1.57. The first-order chi connectivity index (χ1) is 13.6. The van der Waals surface area contributed by atoms with E-state index in [2.05, 4.69) is 5.32 Å². The summed E-state index contributed by atoms with van der Waals surface area (Å²) < 4.78 is 5.47. The third-order valence-corrected chi connectivity index (χ3v) is 4.65. The van der Waals surface area contributed by atoms with Crippen LogP contribution in [-0.2, 0) is 9.59 Å². The van der Waals surface area contributed by atoms with Crippen LogP contribution in [0.5, 0.6) is 5.75 Å². The first kappa shape index (κ1) is 17.8. The lowest BCUT2D eigenvalue weighted by Crippen LogP contribution is -2.43. The molecule has 0 radical (unpaired) electrons. The third kappa shape index (κ3) is 3.60. The molecule has 1 aliphatic heterocycles. The van der Waals surface area contributed by atoms with Gasteiger partial charge in [0.15, 0.2) is 6.61 Å². The Hall–Kier alpha value is -3.60. The van der Waals surface area contributed by atoms with Crippen molar-refractivity contribution >= 4 is 23.2 Å². The second-order valence-corrected chi connectivity index (χ2v) is 6.70. The van der Waals surface area contributed by atoms with E-state index in [0.717, 1.165) is 16.7 Å². The molecular weight excluding hydrogens is 352 g/mol. The summed E-state index contributed by atoms with van der Waals surface area (Å²) in [5, 5.41) is 2.95. The number of para-hydroxylation sites is 1. The van der Waals surface area contributed by atoms with Crippen molar-refractivity contribution in [2.45, 2.75) is 6.92 Å². The molecule has 1 N–H and O–H groups in total. The molecule has 5 heteroatoms. The number of carbonyl (C=O) groups is 2. The van der Waals surface area contributed by atoms with Crippen molar-refractivity contribution in [2.75, 3.05) is 23.4 Å². The van der Waals surface area contributed by atoms with E-state index in [1.54, 1.807) is 0 Å². The summed E-state index contributed by atoms with van der Waals surface area (Å²) in [6.07, 6.45) is 0. The second-order valence-electron chi connectivity index (χ2n) is 6.70. The Bertz CT molecular complexity index is 1030. The van der Waals surface area contributed by atoms with Gasteiger partial charge in [0.2, 0.25) is 5.91 Å². The van der Waals surface area contributed by atoms with Crippen molar-refractivity contribution in [2.24, 2.45) is 0 Å². The molecule has 1 aliphatic rings. The predicted octanol–water partition coefficient (Wildman–Crippen LogP) is 4.03. The van der Waals surface area contributed by atoms with E-state index in [0.29, 0.717) is 17.1 Å². The Morgan fingerprint density at radius 1 is 1.04 bits per heavy atom. The van der Waals surface area contributed by atoms with Crippen molar-refractivity contribution in [1.29, 1.82) is 0 Å². The first-order valence-corrected chi connectivity index (χ1v) is 9.10. The fraction of sp³-hybridized carbons (Fsp3) is 0.130. The normalized spacial score (nSPS) is 12.9. The molecule has 1 heterocycles. The zero-order valence-corrected chi connectivity index (χ0v) is 15.5. The minimum atomic E-state index is -0.258.